The van der Waals surface area contributed by atoms with E-state index < -0.39 is 6.04 Å². The highest BCUT2D eigenvalue weighted by molar-refractivity contribution is 9.10. The largest absolute Gasteiger partial charge is 0.493 e. The molecular weight excluding hydrogens is 314 g/mol. The Labute approximate surface area is 121 Å². The van der Waals surface area contributed by atoms with Gasteiger partial charge in [0.1, 0.15) is 0 Å². The number of esters is 1. The van der Waals surface area contributed by atoms with E-state index >= 15 is 0 Å². The van der Waals surface area contributed by atoms with Crippen molar-refractivity contribution >= 4 is 21.9 Å². The number of carbonyl (C=O) groups is 1. The minimum atomic E-state index is -0.451. The van der Waals surface area contributed by atoms with Gasteiger partial charge in [-0.25, -0.2) is 0 Å². The number of benzene rings is 1. The van der Waals surface area contributed by atoms with Crippen molar-refractivity contribution in [3.63, 3.8) is 0 Å². The van der Waals surface area contributed by atoms with Crippen molar-refractivity contribution in [2.75, 3.05) is 20.8 Å². The Kier molecular flexibility index (Phi) is 6.11. The Balaban J connectivity index is 3.03. The van der Waals surface area contributed by atoms with Crippen LogP contribution in [-0.2, 0) is 9.53 Å². The van der Waals surface area contributed by atoms with Gasteiger partial charge in [0.2, 0.25) is 0 Å². The third kappa shape index (κ3) is 4.11. The molecule has 5 nitrogen and oxygen atoms in total. The fourth-order valence-electron chi connectivity index (χ4n) is 1.62. The van der Waals surface area contributed by atoms with E-state index in [1.807, 2.05) is 13.0 Å². The van der Waals surface area contributed by atoms with Gasteiger partial charge in [0.15, 0.2) is 11.5 Å². The molecule has 0 aliphatic heterocycles. The number of nitrogens with two attached hydrogens (primary N) is 1. The number of halogens is 1. The van der Waals surface area contributed by atoms with E-state index in [2.05, 4.69) is 20.7 Å². The molecule has 0 amide bonds. The Morgan fingerprint density at radius 3 is 2.63 bits per heavy atom. The van der Waals surface area contributed by atoms with Gasteiger partial charge < -0.3 is 19.9 Å². The zero-order chi connectivity index (χ0) is 14.4. The summed E-state index contributed by atoms with van der Waals surface area (Å²) in [6.45, 7) is 2.42. The predicted molar refractivity (Wildman–Crippen MR) is 75.4 cm³/mol. The van der Waals surface area contributed by atoms with Crippen molar-refractivity contribution in [2.24, 2.45) is 5.73 Å². The zero-order valence-electron chi connectivity index (χ0n) is 11.2. The van der Waals surface area contributed by atoms with Crippen molar-refractivity contribution in [3.05, 3.63) is 22.2 Å². The summed E-state index contributed by atoms with van der Waals surface area (Å²) in [6.07, 6.45) is 0.111. The first-order chi connectivity index (χ1) is 9.03. The number of hydrogen-bond acceptors (Lipinski definition) is 5. The van der Waals surface area contributed by atoms with E-state index in [0.29, 0.717) is 18.1 Å². The van der Waals surface area contributed by atoms with Gasteiger partial charge in [0.25, 0.3) is 0 Å². The monoisotopic (exact) mass is 331 g/mol. The molecule has 0 fully saturated rings. The van der Waals surface area contributed by atoms with E-state index in [-0.39, 0.29) is 12.4 Å². The van der Waals surface area contributed by atoms with Crippen LogP contribution in [0.15, 0.2) is 16.6 Å². The molecule has 6 heteroatoms. The average Bonchev–Trinajstić information content (AvgIpc) is 2.40. The van der Waals surface area contributed by atoms with Crippen molar-refractivity contribution in [1.29, 1.82) is 0 Å². The molecule has 0 bridgehead atoms. The number of rotatable bonds is 6. The molecule has 1 rings (SSSR count). The highest BCUT2D eigenvalue weighted by atomic mass is 79.9. The van der Waals surface area contributed by atoms with Crippen LogP contribution in [0.5, 0.6) is 11.5 Å². The molecule has 0 unspecified atom stereocenters. The number of methoxy groups -OCH3 is 2. The number of ether oxygens (including phenoxy) is 3. The van der Waals surface area contributed by atoms with E-state index in [9.17, 15) is 4.79 Å². The van der Waals surface area contributed by atoms with Crippen LogP contribution < -0.4 is 15.2 Å². The lowest BCUT2D eigenvalue weighted by Gasteiger charge is -2.16. The molecule has 0 saturated heterocycles. The summed E-state index contributed by atoms with van der Waals surface area (Å²) in [5.41, 5.74) is 6.75. The zero-order valence-corrected chi connectivity index (χ0v) is 12.8. The van der Waals surface area contributed by atoms with Gasteiger partial charge >= 0.3 is 5.97 Å². The summed E-state index contributed by atoms with van der Waals surface area (Å²) in [5.74, 6) is 0.849. The Bertz CT molecular complexity index is 451. The molecule has 2 N–H and O–H groups in total. The highest BCUT2D eigenvalue weighted by Gasteiger charge is 2.17. The molecule has 0 aliphatic rings. The van der Waals surface area contributed by atoms with Crippen LogP contribution in [0.1, 0.15) is 24.9 Å². The first-order valence-electron chi connectivity index (χ1n) is 5.86. The molecule has 0 radical (unpaired) electrons. The molecule has 0 spiro atoms. The first kappa shape index (κ1) is 15.8. The smallest absolute Gasteiger partial charge is 0.307 e. The average molecular weight is 332 g/mol. The van der Waals surface area contributed by atoms with E-state index in [4.69, 9.17) is 15.2 Å². The van der Waals surface area contributed by atoms with Gasteiger partial charge in [-0.3, -0.25) is 4.79 Å². The molecule has 0 aliphatic carbocycles. The van der Waals surface area contributed by atoms with Crippen LogP contribution in [0.3, 0.4) is 0 Å². The highest BCUT2D eigenvalue weighted by Crippen LogP contribution is 2.38. The number of hydrogen-bond donors (Lipinski definition) is 1. The summed E-state index contributed by atoms with van der Waals surface area (Å²) in [7, 11) is 2.89. The second-order valence-electron chi connectivity index (χ2n) is 3.85. The summed E-state index contributed by atoms with van der Waals surface area (Å²) < 4.78 is 16.1. The molecule has 1 aromatic carbocycles. The topological polar surface area (TPSA) is 70.8 Å². The van der Waals surface area contributed by atoms with Crippen LogP contribution >= 0.6 is 15.9 Å². The minimum absolute atomic E-state index is 0.111. The van der Waals surface area contributed by atoms with Gasteiger partial charge in [0, 0.05) is 6.04 Å². The van der Waals surface area contributed by atoms with Crippen LogP contribution in [0.4, 0.5) is 0 Å². The minimum Gasteiger partial charge on any atom is -0.493 e. The fraction of sp³-hybridized carbons (Fsp3) is 0.462. The third-order valence-corrected chi connectivity index (χ3v) is 3.17. The Morgan fingerprint density at radius 1 is 1.42 bits per heavy atom. The van der Waals surface area contributed by atoms with E-state index in [1.54, 1.807) is 13.2 Å². The lowest BCUT2D eigenvalue weighted by molar-refractivity contribution is -0.141. The van der Waals surface area contributed by atoms with Crippen molar-refractivity contribution in [3.8, 4) is 11.5 Å². The standard InChI is InChI=1S/C13H18BrNO4/c1-4-19-13-9(14)5-8(6-11(13)17-2)10(15)7-12(16)18-3/h5-6,10H,4,7,15H2,1-3H3/t10-/m0/s1. The van der Waals surface area contributed by atoms with Crippen molar-refractivity contribution < 1.29 is 19.0 Å². The van der Waals surface area contributed by atoms with Crippen molar-refractivity contribution in [2.45, 2.75) is 19.4 Å². The lowest BCUT2D eigenvalue weighted by atomic mass is 10.0. The van der Waals surface area contributed by atoms with Gasteiger partial charge in [-0.15, -0.1) is 0 Å². The quantitative estimate of drug-likeness (QED) is 0.810. The molecule has 19 heavy (non-hydrogen) atoms. The Morgan fingerprint density at radius 2 is 2.11 bits per heavy atom. The van der Waals surface area contributed by atoms with E-state index in [0.717, 1.165) is 10.0 Å². The molecule has 0 saturated carbocycles. The van der Waals surface area contributed by atoms with Crippen LogP contribution in [0.25, 0.3) is 0 Å². The summed E-state index contributed by atoms with van der Waals surface area (Å²) in [6, 6.07) is 3.14. The summed E-state index contributed by atoms with van der Waals surface area (Å²) in [4.78, 5) is 11.2. The summed E-state index contributed by atoms with van der Waals surface area (Å²) >= 11 is 3.41. The fourth-order valence-corrected chi connectivity index (χ4v) is 2.19. The maximum absolute atomic E-state index is 11.2. The molecule has 106 valence electrons. The van der Waals surface area contributed by atoms with Crippen LogP contribution in [0.2, 0.25) is 0 Å². The molecule has 1 aromatic rings. The molecule has 0 heterocycles. The molecule has 1 atom stereocenters. The first-order valence-corrected chi connectivity index (χ1v) is 6.65. The second-order valence-corrected chi connectivity index (χ2v) is 4.71. The summed E-state index contributed by atoms with van der Waals surface area (Å²) in [5, 5.41) is 0. The maximum atomic E-state index is 11.2. The normalized spacial score (nSPS) is 11.8. The van der Waals surface area contributed by atoms with Gasteiger partial charge in [-0.05, 0) is 40.5 Å². The molecular formula is C13H18BrNO4. The van der Waals surface area contributed by atoms with Crippen LogP contribution in [-0.4, -0.2) is 26.8 Å². The van der Waals surface area contributed by atoms with Gasteiger partial charge in [-0.1, -0.05) is 0 Å². The van der Waals surface area contributed by atoms with Gasteiger partial charge in [-0.2, -0.15) is 0 Å². The maximum Gasteiger partial charge on any atom is 0.307 e. The lowest BCUT2D eigenvalue weighted by Crippen LogP contribution is -2.16. The van der Waals surface area contributed by atoms with E-state index in [1.165, 1.54) is 7.11 Å². The van der Waals surface area contributed by atoms with Crippen LogP contribution in [0, 0.1) is 0 Å². The molecule has 0 aromatic heterocycles. The SMILES string of the molecule is CCOc1c(Br)cc([C@@H](N)CC(=O)OC)cc1OC. The second kappa shape index (κ2) is 7.35. The predicted octanol–water partition coefficient (Wildman–Crippen LogP) is 2.42. The number of carbonyl (C=O) groups excluding carboxylic acids is 1. The van der Waals surface area contributed by atoms with Gasteiger partial charge in [0.05, 0.1) is 31.7 Å². The third-order valence-electron chi connectivity index (χ3n) is 2.58. The van der Waals surface area contributed by atoms with Crippen molar-refractivity contribution in [1.82, 2.24) is 0 Å². The Hall–Kier alpha value is -1.27.